The van der Waals surface area contributed by atoms with Crippen LogP contribution in [0.1, 0.15) is 9.75 Å². The van der Waals surface area contributed by atoms with Gasteiger partial charge in [0.15, 0.2) is 0 Å². The Balaban J connectivity index is 1.37. The number of benzene rings is 2. The summed E-state index contributed by atoms with van der Waals surface area (Å²) < 4.78 is 4.90. The summed E-state index contributed by atoms with van der Waals surface area (Å²) >= 11 is 3.40. The van der Waals surface area contributed by atoms with Crippen molar-refractivity contribution in [2.24, 2.45) is 0 Å². The van der Waals surface area contributed by atoms with Crippen LogP contribution in [0.4, 0.5) is 0 Å². The number of hydrogen-bond acceptors (Lipinski definition) is 4. The van der Waals surface area contributed by atoms with Crippen molar-refractivity contribution in [3.05, 3.63) is 119 Å². The van der Waals surface area contributed by atoms with E-state index in [0.717, 1.165) is 56.4 Å². The van der Waals surface area contributed by atoms with Crippen LogP contribution in [0.5, 0.6) is 0 Å². The standard InChI is InChI=1S/C36H26N4S2/c1-3-31-27(15-21-41-31)33-35-25(13-17-37-33)23-9-5-7-11-29(23)39(35)19-20-40-30-12-8-6-10-24(30)26-14-18-38-34(36(26)40)28-16-22-42-32(28)4-2/h3-18,21-22H,1-2,19-20H2. The van der Waals surface area contributed by atoms with Crippen molar-refractivity contribution in [2.75, 3.05) is 0 Å². The summed E-state index contributed by atoms with van der Waals surface area (Å²) in [6.07, 6.45) is 7.73. The lowest BCUT2D eigenvalue weighted by molar-refractivity contribution is 0.631. The number of thiophene rings is 2. The monoisotopic (exact) mass is 578 g/mol. The van der Waals surface area contributed by atoms with Crippen LogP contribution in [0.2, 0.25) is 0 Å². The molecule has 0 aliphatic carbocycles. The Morgan fingerprint density at radius 3 is 1.48 bits per heavy atom. The summed E-state index contributed by atoms with van der Waals surface area (Å²) in [5.74, 6) is 0. The zero-order chi connectivity index (χ0) is 28.2. The normalized spacial score (nSPS) is 11.7. The van der Waals surface area contributed by atoms with Crippen molar-refractivity contribution >= 4 is 78.4 Å². The maximum absolute atomic E-state index is 4.94. The molecule has 6 aromatic heterocycles. The van der Waals surface area contributed by atoms with Gasteiger partial charge in [0.1, 0.15) is 0 Å². The molecule has 2 aromatic carbocycles. The number of hydrogen-bond donors (Lipinski definition) is 0. The maximum Gasteiger partial charge on any atom is 0.0959 e. The highest BCUT2D eigenvalue weighted by Gasteiger charge is 2.21. The predicted octanol–water partition coefficient (Wildman–Crippen LogP) is 10.1. The van der Waals surface area contributed by atoms with Crippen LogP contribution in [0.25, 0.3) is 78.3 Å². The van der Waals surface area contributed by atoms with Gasteiger partial charge >= 0.3 is 0 Å². The molecule has 0 fully saturated rings. The van der Waals surface area contributed by atoms with Crippen LogP contribution >= 0.6 is 22.7 Å². The minimum Gasteiger partial charge on any atom is -0.337 e. The highest BCUT2D eigenvalue weighted by molar-refractivity contribution is 7.11. The number of fused-ring (bicyclic) bond motifs is 6. The molecule has 0 saturated heterocycles. The van der Waals surface area contributed by atoms with E-state index in [2.05, 4.69) is 106 Å². The molecular formula is C36H26N4S2. The second-order valence-electron chi connectivity index (χ2n) is 10.3. The number of aryl methyl sites for hydroxylation is 2. The van der Waals surface area contributed by atoms with Gasteiger partial charge in [-0.15, -0.1) is 22.7 Å². The van der Waals surface area contributed by atoms with E-state index >= 15 is 0 Å². The summed E-state index contributed by atoms with van der Waals surface area (Å²) in [5.41, 5.74) is 8.99. The van der Waals surface area contributed by atoms with Gasteiger partial charge in [0, 0.05) is 78.9 Å². The SMILES string of the molecule is C=Cc1sccc1-c1nccc2c3ccccc3n(CCn3c4ccccc4c4ccnc(-c5ccsc5C=C)c43)c12. The molecule has 8 aromatic rings. The lowest BCUT2D eigenvalue weighted by atomic mass is 10.1. The molecular weight excluding hydrogens is 553 g/mol. The molecule has 8 rings (SSSR count). The first-order chi connectivity index (χ1) is 20.8. The molecule has 6 heteroatoms. The molecule has 0 radical (unpaired) electrons. The first kappa shape index (κ1) is 25.0. The minimum absolute atomic E-state index is 0.774. The summed E-state index contributed by atoms with van der Waals surface area (Å²) in [4.78, 5) is 12.2. The Bertz CT molecular complexity index is 2150. The Labute approximate surface area is 251 Å². The van der Waals surface area contributed by atoms with E-state index in [1.54, 1.807) is 22.7 Å². The molecule has 6 heterocycles. The van der Waals surface area contributed by atoms with Crippen molar-refractivity contribution in [1.82, 2.24) is 19.1 Å². The van der Waals surface area contributed by atoms with E-state index in [1.807, 2.05) is 24.5 Å². The largest absolute Gasteiger partial charge is 0.337 e. The first-order valence-corrected chi connectivity index (χ1v) is 15.7. The zero-order valence-corrected chi connectivity index (χ0v) is 24.5. The fraction of sp³-hybridized carbons (Fsp3) is 0.0556. The quantitative estimate of drug-likeness (QED) is 0.189. The molecule has 42 heavy (non-hydrogen) atoms. The third-order valence-corrected chi connectivity index (χ3v) is 10.0. The highest BCUT2D eigenvalue weighted by atomic mass is 32.1. The van der Waals surface area contributed by atoms with E-state index in [0.29, 0.717) is 0 Å². The van der Waals surface area contributed by atoms with E-state index < -0.39 is 0 Å². The van der Waals surface area contributed by atoms with Crippen LogP contribution in [0.15, 0.2) is 109 Å². The fourth-order valence-electron chi connectivity index (χ4n) is 6.41. The molecule has 0 aliphatic heterocycles. The maximum atomic E-state index is 4.94. The highest BCUT2D eigenvalue weighted by Crippen LogP contribution is 2.40. The lowest BCUT2D eigenvalue weighted by Gasteiger charge is -2.14. The van der Waals surface area contributed by atoms with Gasteiger partial charge in [-0.2, -0.15) is 0 Å². The van der Waals surface area contributed by atoms with Gasteiger partial charge in [-0.25, -0.2) is 0 Å². The Morgan fingerprint density at radius 2 is 1.02 bits per heavy atom. The van der Waals surface area contributed by atoms with Crippen molar-refractivity contribution in [3.8, 4) is 22.5 Å². The van der Waals surface area contributed by atoms with Gasteiger partial charge in [-0.05, 0) is 47.2 Å². The number of rotatable bonds is 7. The summed E-state index contributed by atoms with van der Waals surface area (Å²) in [6.45, 7) is 9.68. The third-order valence-electron chi connectivity index (χ3n) is 8.18. The molecule has 0 spiro atoms. The second-order valence-corrected chi connectivity index (χ2v) is 12.1. The minimum atomic E-state index is 0.774. The average Bonchev–Trinajstić information content (AvgIpc) is 3.83. The Kier molecular flexibility index (Phi) is 5.91. The third kappa shape index (κ3) is 3.66. The molecule has 0 bridgehead atoms. The molecule has 0 amide bonds. The van der Waals surface area contributed by atoms with E-state index in [9.17, 15) is 0 Å². The Morgan fingerprint density at radius 1 is 0.571 bits per heavy atom. The van der Waals surface area contributed by atoms with E-state index in [1.165, 1.54) is 32.6 Å². The number of pyridine rings is 2. The number of aromatic nitrogens is 4. The van der Waals surface area contributed by atoms with Crippen LogP contribution < -0.4 is 0 Å². The first-order valence-electron chi connectivity index (χ1n) is 13.9. The molecule has 0 saturated carbocycles. The average molecular weight is 579 g/mol. The molecule has 0 unspecified atom stereocenters. The topological polar surface area (TPSA) is 35.6 Å². The van der Waals surface area contributed by atoms with Crippen molar-refractivity contribution < 1.29 is 0 Å². The predicted molar refractivity (Wildman–Crippen MR) is 181 cm³/mol. The number of para-hydroxylation sites is 2. The summed E-state index contributed by atoms with van der Waals surface area (Å²) in [7, 11) is 0. The van der Waals surface area contributed by atoms with Gasteiger partial charge in [-0.1, -0.05) is 61.7 Å². The van der Waals surface area contributed by atoms with Crippen LogP contribution in [0.3, 0.4) is 0 Å². The Hall–Kier alpha value is -4.78. The molecule has 202 valence electrons. The number of nitrogens with zero attached hydrogens (tertiary/aromatic N) is 4. The second kappa shape index (κ2) is 9.94. The molecule has 0 aliphatic rings. The molecule has 0 N–H and O–H groups in total. The molecule has 4 nitrogen and oxygen atoms in total. The van der Waals surface area contributed by atoms with E-state index in [-0.39, 0.29) is 0 Å². The van der Waals surface area contributed by atoms with E-state index in [4.69, 9.17) is 9.97 Å². The van der Waals surface area contributed by atoms with Gasteiger partial charge < -0.3 is 9.13 Å². The summed E-state index contributed by atoms with van der Waals surface area (Å²) in [6, 6.07) is 26.0. The van der Waals surface area contributed by atoms with Crippen molar-refractivity contribution in [1.29, 1.82) is 0 Å². The van der Waals surface area contributed by atoms with Crippen LogP contribution in [0, 0.1) is 0 Å². The van der Waals surface area contributed by atoms with Gasteiger partial charge in [0.05, 0.1) is 22.4 Å². The molecule has 0 atom stereocenters. The van der Waals surface area contributed by atoms with Crippen molar-refractivity contribution in [2.45, 2.75) is 13.1 Å². The smallest absolute Gasteiger partial charge is 0.0959 e. The van der Waals surface area contributed by atoms with Gasteiger partial charge in [0.2, 0.25) is 0 Å². The fourth-order valence-corrected chi connectivity index (χ4v) is 7.89. The van der Waals surface area contributed by atoms with Gasteiger partial charge in [-0.3, -0.25) is 9.97 Å². The zero-order valence-electron chi connectivity index (χ0n) is 22.8. The summed E-state index contributed by atoms with van der Waals surface area (Å²) in [5, 5.41) is 9.16. The van der Waals surface area contributed by atoms with Crippen LogP contribution in [-0.4, -0.2) is 19.1 Å². The van der Waals surface area contributed by atoms with Crippen molar-refractivity contribution in [3.63, 3.8) is 0 Å². The van der Waals surface area contributed by atoms with Crippen LogP contribution in [-0.2, 0) is 13.1 Å². The van der Waals surface area contributed by atoms with Gasteiger partial charge in [0.25, 0.3) is 0 Å². The lowest BCUT2D eigenvalue weighted by Crippen LogP contribution is -2.08.